The summed E-state index contributed by atoms with van der Waals surface area (Å²) >= 11 is 0. The summed E-state index contributed by atoms with van der Waals surface area (Å²) in [6.45, 7) is 1.88. The van der Waals surface area contributed by atoms with E-state index in [4.69, 9.17) is 5.11 Å². The summed E-state index contributed by atoms with van der Waals surface area (Å²) in [4.78, 5) is 0. The Morgan fingerprint density at radius 1 is 1.50 bits per heavy atom. The Morgan fingerprint density at radius 3 is 2.92 bits per heavy atom. The Bertz CT molecular complexity index is 292. The van der Waals surface area contributed by atoms with E-state index in [0.29, 0.717) is 0 Å². The van der Waals surface area contributed by atoms with Crippen LogP contribution in [-0.2, 0) is 0 Å². The van der Waals surface area contributed by atoms with E-state index >= 15 is 0 Å². The fourth-order valence-corrected chi connectivity index (χ4v) is 0.971. The predicted molar refractivity (Wildman–Crippen MR) is 47.3 cm³/mol. The van der Waals surface area contributed by atoms with Crippen molar-refractivity contribution in [3.63, 3.8) is 0 Å². The Hall–Kier alpha value is -1.15. The molecule has 0 fully saturated rings. The van der Waals surface area contributed by atoms with Crippen molar-refractivity contribution < 1.29 is 9.50 Å². The highest BCUT2D eigenvalue weighted by Gasteiger charge is 1.95. The third kappa shape index (κ3) is 2.17. The number of rotatable bonds is 2. The zero-order chi connectivity index (χ0) is 8.97. The molecular formula is C10H11FO. The minimum absolute atomic E-state index is 0.0179. The first-order valence-electron chi connectivity index (χ1n) is 3.77. The number of halogens is 1. The highest BCUT2D eigenvalue weighted by atomic mass is 19.1. The van der Waals surface area contributed by atoms with Crippen LogP contribution in [0.2, 0.25) is 0 Å². The molecule has 0 spiro atoms. The molecule has 0 aromatic heterocycles. The highest BCUT2D eigenvalue weighted by Crippen LogP contribution is 2.11. The van der Waals surface area contributed by atoms with E-state index in [1.54, 1.807) is 18.2 Å². The minimum atomic E-state index is -0.252. The van der Waals surface area contributed by atoms with Gasteiger partial charge in [-0.2, -0.15) is 0 Å². The van der Waals surface area contributed by atoms with Gasteiger partial charge in [-0.05, 0) is 30.2 Å². The molecule has 0 heterocycles. The topological polar surface area (TPSA) is 20.2 Å². The summed E-state index contributed by atoms with van der Waals surface area (Å²) in [5, 5.41) is 8.51. The molecule has 1 nitrogen and oxygen atoms in total. The molecule has 2 heteroatoms. The van der Waals surface area contributed by atoms with Crippen LogP contribution >= 0.6 is 0 Å². The fourth-order valence-electron chi connectivity index (χ4n) is 0.971. The lowest BCUT2D eigenvalue weighted by atomic mass is 10.1. The maximum absolute atomic E-state index is 12.7. The number of hydrogen-bond acceptors (Lipinski definition) is 1. The van der Waals surface area contributed by atoms with Gasteiger partial charge in [-0.3, -0.25) is 0 Å². The van der Waals surface area contributed by atoms with Crippen LogP contribution < -0.4 is 0 Å². The molecule has 0 aliphatic rings. The van der Waals surface area contributed by atoms with Gasteiger partial charge in [-0.25, -0.2) is 4.39 Å². The molecule has 0 saturated carbocycles. The molecule has 1 rings (SSSR count). The van der Waals surface area contributed by atoms with Gasteiger partial charge in [0, 0.05) is 0 Å². The van der Waals surface area contributed by atoms with Gasteiger partial charge in [0.15, 0.2) is 0 Å². The normalized spacial score (nSPS) is 10.9. The van der Waals surface area contributed by atoms with Crippen LogP contribution in [0.5, 0.6) is 0 Å². The van der Waals surface area contributed by atoms with Crippen LogP contribution in [0.1, 0.15) is 11.1 Å². The van der Waals surface area contributed by atoms with E-state index in [0.717, 1.165) is 11.1 Å². The van der Waals surface area contributed by atoms with Crippen molar-refractivity contribution in [2.75, 3.05) is 6.61 Å². The standard InChI is InChI=1S/C10H11FO/c1-8-4-5-10(11)7-9(8)3-2-6-12/h2-5,7,12H,6H2,1H3. The van der Waals surface area contributed by atoms with Crippen molar-refractivity contribution in [2.45, 2.75) is 6.92 Å². The molecule has 0 amide bonds. The zero-order valence-corrected chi connectivity index (χ0v) is 6.92. The third-order valence-electron chi connectivity index (χ3n) is 1.64. The van der Waals surface area contributed by atoms with E-state index in [1.807, 2.05) is 6.92 Å². The summed E-state index contributed by atoms with van der Waals surface area (Å²) in [5.74, 6) is -0.252. The first-order chi connectivity index (χ1) is 5.74. The number of hydrogen-bond donors (Lipinski definition) is 1. The van der Waals surface area contributed by atoms with E-state index in [1.165, 1.54) is 12.1 Å². The molecule has 0 aliphatic carbocycles. The number of aliphatic hydroxyl groups excluding tert-OH is 1. The second-order valence-electron chi connectivity index (χ2n) is 2.59. The smallest absolute Gasteiger partial charge is 0.123 e. The maximum Gasteiger partial charge on any atom is 0.123 e. The van der Waals surface area contributed by atoms with E-state index < -0.39 is 0 Å². The molecule has 0 radical (unpaired) electrons. The van der Waals surface area contributed by atoms with Gasteiger partial charge in [0.2, 0.25) is 0 Å². The molecule has 0 bridgehead atoms. The molecule has 1 aromatic rings. The van der Waals surface area contributed by atoms with Crippen LogP contribution in [0, 0.1) is 12.7 Å². The van der Waals surface area contributed by atoms with Gasteiger partial charge in [0.05, 0.1) is 6.61 Å². The number of aliphatic hydroxyl groups is 1. The minimum Gasteiger partial charge on any atom is -0.392 e. The van der Waals surface area contributed by atoms with Gasteiger partial charge in [0.25, 0.3) is 0 Å². The van der Waals surface area contributed by atoms with Crippen LogP contribution in [0.15, 0.2) is 24.3 Å². The molecule has 0 aliphatic heterocycles. The van der Waals surface area contributed by atoms with Crippen LogP contribution in [0.25, 0.3) is 6.08 Å². The summed E-state index contributed by atoms with van der Waals surface area (Å²) in [7, 11) is 0. The predicted octanol–water partition coefficient (Wildman–Crippen LogP) is 2.14. The van der Waals surface area contributed by atoms with Gasteiger partial charge in [-0.1, -0.05) is 18.2 Å². The molecule has 0 atom stereocenters. The summed E-state index contributed by atoms with van der Waals surface area (Å²) in [5.41, 5.74) is 1.81. The van der Waals surface area contributed by atoms with Crippen LogP contribution in [0.3, 0.4) is 0 Å². The quantitative estimate of drug-likeness (QED) is 0.713. The first kappa shape index (κ1) is 8.94. The summed E-state index contributed by atoms with van der Waals surface area (Å²) in [6.07, 6.45) is 3.29. The summed E-state index contributed by atoms with van der Waals surface area (Å²) in [6, 6.07) is 4.58. The van der Waals surface area contributed by atoms with Crippen molar-refractivity contribution >= 4 is 6.08 Å². The average molecular weight is 166 g/mol. The Morgan fingerprint density at radius 2 is 2.25 bits per heavy atom. The number of benzene rings is 1. The van der Waals surface area contributed by atoms with Crippen molar-refractivity contribution in [1.29, 1.82) is 0 Å². The van der Waals surface area contributed by atoms with Gasteiger partial charge in [0.1, 0.15) is 5.82 Å². The Labute approximate surface area is 71.2 Å². The van der Waals surface area contributed by atoms with E-state index in [2.05, 4.69) is 0 Å². The number of aryl methyl sites for hydroxylation is 1. The second kappa shape index (κ2) is 4.02. The lowest BCUT2D eigenvalue weighted by Gasteiger charge is -1.98. The lowest BCUT2D eigenvalue weighted by molar-refractivity contribution is 0.343. The van der Waals surface area contributed by atoms with E-state index in [-0.39, 0.29) is 12.4 Å². The van der Waals surface area contributed by atoms with Gasteiger partial charge < -0.3 is 5.11 Å². The largest absolute Gasteiger partial charge is 0.392 e. The lowest BCUT2D eigenvalue weighted by Crippen LogP contribution is -1.83. The third-order valence-corrected chi connectivity index (χ3v) is 1.64. The molecule has 0 unspecified atom stereocenters. The molecule has 0 saturated heterocycles. The van der Waals surface area contributed by atoms with Crippen LogP contribution in [0.4, 0.5) is 4.39 Å². The van der Waals surface area contributed by atoms with Gasteiger partial charge >= 0.3 is 0 Å². The summed E-state index contributed by atoms with van der Waals surface area (Å²) < 4.78 is 12.7. The molecule has 12 heavy (non-hydrogen) atoms. The van der Waals surface area contributed by atoms with E-state index in [9.17, 15) is 4.39 Å². The molecule has 64 valence electrons. The highest BCUT2D eigenvalue weighted by molar-refractivity contribution is 5.53. The second-order valence-corrected chi connectivity index (χ2v) is 2.59. The monoisotopic (exact) mass is 166 g/mol. The maximum atomic E-state index is 12.7. The Kier molecular flexibility index (Phi) is 3.00. The van der Waals surface area contributed by atoms with Crippen molar-refractivity contribution in [2.24, 2.45) is 0 Å². The molecular weight excluding hydrogens is 155 g/mol. The Balaban J connectivity index is 2.97. The van der Waals surface area contributed by atoms with Crippen molar-refractivity contribution in [3.05, 3.63) is 41.2 Å². The first-order valence-corrected chi connectivity index (χ1v) is 3.77. The van der Waals surface area contributed by atoms with Crippen LogP contribution in [-0.4, -0.2) is 11.7 Å². The van der Waals surface area contributed by atoms with Crippen molar-refractivity contribution in [3.8, 4) is 0 Å². The van der Waals surface area contributed by atoms with Crippen molar-refractivity contribution in [1.82, 2.24) is 0 Å². The SMILES string of the molecule is Cc1ccc(F)cc1C=CCO. The molecule has 1 N–H and O–H groups in total. The van der Waals surface area contributed by atoms with Gasteiger partial charge in [-0.15, -0.1) is 0 Å². The fraction of sp³-hybridized carbons (Fsp3) is 0.200. The average Bonchev–Trinajstić information content (AvgIpc) is 2.07. The molecule has 1 aromatic carbocycles. The zero-order valence-electron chi connectivity index (χ0n) is 6.92.